The van der Waals surface area contributed by atoms with Crippen LogP contribution >= 0.6 is 0 Å². The smallest absolute Gasteiger partial charge is 0.230 e. The second-order valence-corrected chi connectivity index (χ2v) is 5.03. The molecule has 0 unspecified atom stereocenters. The van der Waals surface area contributed by atoms with Gasteiger partial charge < -0.3 is 14.6 Å². The number of carbonyl (C=O) groups is 1. The average molecular weight is 296 g/mol. The van der Waals surface area contributed by atoms with Gasteiger partial charge in [0.05, 0.1) is 13.5 Å². The van der Waals surface area contributed by atoms with Crippen molar-refractivity contribution in [2.24, 2.45) is 0 Å². The molecule has 0 aliphatic rings. The Hall–Kier alpha value is -2.82. The first-order chi connectivity index (χ1) is 10.7. The van der Waals surface area contributed by atoms with E-state index in [1.807, 2.05) is 25.1 Å². The highest BCUT2D eigenvalue weighted by molar-refractivity contribution is 5.95. The Kier molecular flexibility index (Phi) is 3.78. The maximum Gasteiger partial charge on any atom is 0.230 e. The number of nitrogens with zero attached hydrogens (tertiary/aromatic N) is 1. The van der Waals surface area contributed by atoms with Crippen molar-refractivity contribution in [3.8, 4) is 5.75 Å². The lowest BCUT2D eigenvalue weighted by Gasteiger charge is -2.05. The molecule has 3 aromatic rings. The number of aryl methyl sites for hydroxylation is 1. The first-order valence-electron chi connectivity index (χ1n) is 6.95. The average Bonchev–Trinajstić information content (AvgIpc) is 2.92. The third-order valence-corrected chi connectivity index (χ3v) is 3.47. The molecule has 0 saturated heterocycles. The van der Waals surface area contributed by atoms with Gasteiger partial charge in [-0.2, -0.15) is 0 Å². The molecule has 2 aromatic carbocycles. The fourth-order valence-corrected chi connectivity index (χ4v) is 2.31. The van der Waals surface area contributed by atoms with Crippen molar-refractivity contribution in [2.45, 2.75) is 13.3 Å². The molecule has 0 fully saturated rings. The molecule has 3 rings (SSSR count). The van der Waals surface area contributed by atoms with E-state index in [2.05, 4.69) is 10.5 Å². The SMILES string of the molecule is COc1ccc(NC(=O)Cc2noc3c(C)cccc23)cc1. The van der Waals surface area contributed by atoms with Gasteiger partial charge in [-0.05, 0) is 42.8 Å². The first kappa shape index (κ1) is 14.1. The zero-order valence-corrected chi connectivity index (χ0v) is 12.4. The second kappa shape index (κ2) is 5.89. The first-order valence-corrected chi connectivity index (χ1v) is 6.95. The van der Waals surface area contributed by atoms with E-state index in [1.54, 1.807) is 31.4 Å². The number of ether oxygens (including phenoxy) is 1. The number of aromatic nitrogens is 1. The molecule has 1 heterocycles. The summed E-state index contributed by atoms with van der Waals surface area (Å²) in [6.07, 6.45) is 0.169. The molecule has 0 aliphatic heterocycles. The van der Waals surface area contributed by atoms with Gasteiger partial charge in [-0.1, -0.05) is 17.3 Å². The zero-order valence-electron chi connectivity index (χ0n) is 12.4. The highest BCUT2D eigenvalue weighted by Crippen LogP contribution is 2.22. The van der Waals surface area contributed by atoms with Crippen LogP contribution < -0.4 is 10.1 Å². The number of anilines is 1. The summed E-state index contributed by atoms with van der Waals surface area (Å²) in [7, 11) is 1.60. The van der Waals surface area contributed by atoms with Crippen LogP contribution in [0, 0.1) is 6.92 Å². The fourth-order valence-electron chi connectivity index (χ4n) is 2.31. The van der Waals surface area contributed by atoms with Crippen molar-refractivity contribution >= 4 is 22.6 Å². The molecule has 112 valence electrons. The summed E-state index contributed by atoms with van der Waals surface area (Å²) < 4.78 is 10.4. The second-order valence-electron chi connectivity index (χ2n) is 5.03. The minimum atomic E-state index is -0.137. The summed E-state index contributed by atoms with van der Waals surface area (Å²) in [5.41, 5.74) is 3.10. The standard InChI is InChI=1S/C17H16N2O3/c1-11-4-3-5-14-15(19-22-17(11)14)10-16(20)18-12-6-8-13(21-2)9-7-12/h3-9H,10H2,1-2H3,(H,18,20). The van der Waals surface area contributed by atoms with E-state index < -0.39 is 0 Å². The largest absolute Gasteiger partial charge is 0.497 e. The predicted octanol–water partition coefficient (Wildman–Crippen LogP) is 3.33. The van der Waals surface area contributed by atoms with Gasteiger partial charge in [-0.25, -0.2) is 0 Å². The van der Waals surface area contributed by atoms with Gasteiger partial charge in [0.25, 0.3) is 0 Å². The number of hydrogen-bond acceptors (Lipinski definition) is 4. The number of benzene rings is 2. The topological polar surface area (TPSA) is 64.4 Å². The number of fused-ring (bicyclic) bond motifs is 1. The Balaban J connectivity index is 1.74. The summed E-state index contributed by atoms with van der Waals surface area (Å²) in [6.45, 7) is 1.95. The Morgan fingerprint density at radius 3 is 2.73 bits per heavy atom. The van der Waals surface area contributed by atoms with Crippen molar-refractivity contribution in [2.75, 3.05) is 12.4 Å². The number of amides is 1. The van der Waals surface area contributed by atoms with Crippen LogP contribution in [0.4, 0.5) is 5.69 Å². The minimum absolute atomic E-state index is 0.137. The highest BCUT2D eigenvalue weighted by atomic mass is 16.5. The van der Waals surface area contributed by atoms with Crippen LogP contribution in [0.15, 0.2) is 47.0 Å². The molecule has 0 spiro atoms. The summed E-state index contributed by atoms with van der Waals surface area (Å²) in [4.78, 5) is 12.1. The van der Waals surface area contributed by atoms with Crippen molar-refractivity contribution in [1.82, 2.24) is 5.16 Å². The molecule has 0 aliphatic carbocycles. The van der Waals surface area contributed by atoms with Gasteiger partial charge >= 0.3 is 0 Å². The van der Waals surface area contributed by atoms with E-state index in [0.717, 1.165) is 28.0 Å². The van der Waals surface area contributed by atoms with Crippen molar-refractivity contribution in [3.63, 3.8) is 0 Å². The molecule has 1 amide bonds. The molecule has 5 nitrogen and oxygen atoms in total. The quantitative estimate of drug-likeness (QED) is 0.802. The molecular weight excluding hydrogens is 280 g/mol. The molecule has 0 saturated carbocycles. The molecule has 0 bridgehead atoms. The third-order valence-electron chi connectivity index (χ3n) is 3.47. The summed E-state index contributed by atoms with van der Waals surface area (Å²) >= 11 is 0. The van der Waals surface area contributed by atoms with Gasteiger partial charge in [0.2, 0.25) is 5.91 Å². The van der Waals surface area contributed by atoms with Crippen molar-refractivity contribution in [3.05, 3.63) is 53.7 Å². The van der Waals surface area contributed by atoms with Crippen LogP contribution in [0.1, 0.15) is 11.3 Å². The Labute approximate surface area is 127 Å². The number of rotatable bonds is 4. The number of para-hydroxylation sites is 1. The Morgan fingerprint density at radius 2 is 2.00 bits per heavy atom. The number of methoxy groups -OCH3 is 1. The van der Waals surface area contributed by atoms with Crippen LogP contribution in [-0.2, 0) is 11.2 Å². The van der Waals surface area contributed by atoms with Crippen LogP contribution in [0.25, 0.3) is 11.0 Å². The number of nitrogens with one attached hydrogen (secondary N) is 1. The van der Waals surface area contributed by atoms with Gasteiger partial charge in [-0.15, -0.1) is 0 Å². The molecule has 5 heteroatoms. The van der Waals surface area contributed by atoms with Gasteiger partial charge in [0, 0.05) is 11.1 Å². The van der Waals surface area contributed by atoms with E-state index in [1.165, 1.54) is 0 Å². The van der Waals surface area contributed by atoms with Crippen LogP contribution in [-0.4, -0.2) is 18.2 Å². The maximum absolute atomic E-state index is 12.1. The van der Waals surface area contributed by atoms with E-state index >= 15 is 0 Å². The fraction of sp³-hybridized carbons (Fsp3) is 0.176. The molecule has 22 heavy (non-hydrogen) atoms. The summed E-state index contributed by atoms with van der Waals surface area (Å²) in [5.74, 6) is 0.609. The third kappa shape index (κ3) is 2.79. The lowest BCUT2D eigenvalue weighted by Crippen LogP contribution is -2.14. The van der Waals surface area contributed by atoms with E-state index in [-0.39, 0.29) is 12.3 Å². The molecule has 0 radical (unpaired) electrons. The maximum atomic E-state index is 12.1. The lowest BCUT2D eigenvalue weighted by molar-refractivity contribution is -0.115. The van der Waals surface area contributed by atoms with Crippen LogP contribution in [0.2, 0.25) is 0 Å². The Morgan fingerprint density at radius 1 is 1.23 bits per heavy atom. The lowest BCUT2D eigenvalue weighted by atomic mass is 10.1. The van der Waals surface area contributed by atoms with Crippen molar-refractivity contribution < 1.29 is 14.1 Å². The highest BCUT2D eigenvalue weighted by Gasteiger charge is 2.13. The van der Waals surface area contributed by atoms with Gasteiger partial charge in [0.15, 0.2) is 5.58 Å². The Bertz CT molecular complexity index is 806. The van der Waals surface area contributed by atoms with Crippen LogP contribution in [0.3, 0.4) is 0 Å². The normalized spacial score (nSPS) is 10.6. The summed E-state index contributed by atoms with van der Waals surface area (Å²) in [6, 6.07) is 13.0. The van der Waals surface area contributed by atoms with E-state index in [4.69, 9.17) is 9.26 Å². The van der Waals surface area contributed by atoms with E-state index in [0.29, 0.717) is 5.69 Å². The van der Waals surface area contributed by atoms with E-state index in [9.17, 15) is 4.79 Å². The molecule has 0 atom stereocenters. The predicted molar refractivity (Wildman–Crippen MR) is 84.1 cm³/mol. The monoisotopic (exact) mass is 296 g/mol. The summed E-state index contributed by atoms with van der Waals surface area (Å²) in [5, 5.41) is 7.72. The van der Waals surface area contributed by atoms with Crippen LogP contribution in [0.5, 0.6) is 5.75 Å². The molecular formula is C17H16N2O3. The zero-order chi connectivity index (χ0) is 15.5. The van der Waals surface area contributed by atoms with Gasteiger partial charge in [-0.3, -0.25) is 4.79 Å². The minimum Gasteiger partial charge on any atom is -0.497 e. The molecule has 1 aromatic heterocycles. The molecule has 1 N–H and O–H groups in total. The number of carbonyl (C=O) groups excluding carboxylic acids is 1. The van der Waals surface area contributed by atoms with Crippen molar-refractivity contribution in [1.29, 1.82) is 0 Å². The van der Waals surface area contributed by atoms with Gasteiger partial charge in [0.1, 0.15) is 11.4 Å². The number of hydrogen-bond donors (Lipinski definition) is 1.